The Morgan fingerprint density at radius 2 is 1.83 bits per heavy atom. The van der Waals surface area contributed by atoms with Crippen molar-refractivity contribution in [3.63, 3.8) is 0 Å². The van der Waals surface area contributed by atoms with Gasteiger partial charge in [0, 0.05) is 32.5 Å². The highest BCUT2D eigenvalue weighted by atomic mass is 127. The van der Waals surface area contributed by atoms with Crippen LogP contribution in [0.25, 0.3) is 0 Å². The number of hydrogen-bond acceptors (Lipinski definition) is 3. The van der Waals surface area contributed by atoms with Gasteiger partial charge in [0.15, 0.2) is 5.96 Å². The molecule has 0 aliphatic carbocycles. The Balaban J connectivity index is 0.00000420. The van der Waals surface area contributed by atoms with E-state index in [1.165, 1.54) is 5.56 Å². The molecule has 2 rings (SSSR count). The Morgan fingerprint density at radius 1 is 1.14 bits per heavy atom. The Kier molecular flexibility index (Phi) is 11.9. The molecule has 1 heterocycles. The first-order valence-electron chi connectivity index (χ1n) is 10.3. The van der Waals surface area contributed by atoms with Crippen LogP contribution >= 0.6 is 24.0 Å². The van der Waals surface area contributed by atoms with E-state index in [0.29, 0.717) is 18.5 Å². The molecule has 0 saturated carbocycles. The maximum Gasteiger partial charge on any atom is 0.191 e. The third-order valence-corrected chi connectivity index (χ3v) is 4.90. The van der Waals surface area contributed by atoms with Gasteiger partial charge in [0.05, 0.1) is 12.6 Å². The third kappa shape index (κ3) is 7.97. The molecule has 0 aliphatic heterocycles. The van der Waals surface area contributed by atoms with E-state index in [4.69, 9.17) is 0 Å². The van der Waals surface area contributed by atoms with Crippen LogP contribution in [-0.4, -0.2) is 47.1 Å². The summed E-state index contributed by atoms with van der Waals surface area (Å²) in [5, 5.41) is 6.90. The van der Waals surface area contributed by atoms with Crippen molar-refractivity contribution >= 4 is 29.9 Å². The van der Waals surface area contributed by atoms with E-state index in [2.05, 4.69) is 88.1 Å². The number of nitrogens with one attached hydrogen (secondary N) is 2. The summed E-state index contributed by atoms with van der Waals surface area (Å²) in [7, 11) is 1.81. The van der Waals surface area contributed by atoms with E-state index < -0.39 is 0 Å². The van der Waals surface area contributed by atoms with Crippen molar-refractivity contribution in [3.8, 4) is 0 Å². The lowest BCUT2D eigenvalue weighted by molar-refractivity contribution is 0.219. The van der Waals surface area contributed by atoms with Crippen molar-refractivity contribution in [1.82, 2.24) is 25.1 Å². The fourth-order valence-corrected chi connectivity index (χ4v) is 3.44. The van der Waals surface area contributed by atoms with Crippen molar-refractivity contribution in [2.75, 3.05) is 26.7 Å². The van der Waals surface area contributed by atoms with Crippen molar-refractivity contribution in [2.45, 2.75) is 46.8 Å². The summed E-state index contributed by atoms with van der Waals surface area (Å²) in [5.74, 6) is 2.42. The van der Waals surface area contributed by atoms with Gasteiger partial charge in [-0.25, -0.2) is 4.98 Å². The summed E-state index contributed by atoms with van der Waals surface area (Å²) in [6.45, 7) is 13.3. The van der Waals surface area contributed by atoms with Crippen molar-refractivity contribution in [2.24, 2.45) is 10.9 Å². The standard InChI is InChI=1S/C22H36N6.HI/c1-6-27(7-2)20(19-11-9-8-10-12-19)15-25-22(23-5)26-16-21-24-13-14-28(21)17-18(3)4;/h8-14,18,20H,6-7,15-17H2,1-5H3,(H2,23,25,26);1H. The molecule has 2 aromatic rings. The summed E-state index contributed by atoms with van der Waals surface area (Å²) in [4.78, 5) is 11.3. The van der Waals surface area contributed by atoms with E-state index in [1.54, 1.807) is 0 Å². The number of aliphatic imine (C=N–C) groups is 1. The fraction of sp³-hybridized carbons (Fsp3) is 0.545. The van der Waals surface area contributed by atoms with Crippen LogP contribution in [0, 0.1) is 5.92 Å². The van der Waals surface area contributed by atoms with Gasteiger partial charge in [-0.15, -0.1) is 24.0 Å². The summed E-state index contributed by atoms with van der Waals surface area (Å²) in [6.07, 6.45) is 3.90. The summed E-state index contributed by atoms with van der Waals surface area (Å²) in [5.41, 5.74) is 1.32. The maximum absolute atomic E-state index is 4.48. The Labute approximate surface area is 193 Å². The number of halogens is 1. The Morgan fingerprint density at radius 3 is 2.41 bits per heavy atom. The molecular formula is C22H37IN6. The van der Waals surface area contributed by atoms with Crippen LogP contribution in [-0.2, 0) is 13.1 Å². The second kappa shape index (κ2) is 13.6. The fourth-order valence-electron chi connectivity index (χ4n) is 3.44. The lowest BCUT2D eigenvalue weighted by Crippen LogP contribution is -2.43. The lowest BCUT2D eigenvalue weighted by Gasteiger charge is -2.30. The van der Waals surface area contributed by atoms with Gasteiger partial charge in [-0.2, -0.15) is 0 Å². The minimum absolute atomic E-state index is 0. The van der Waals surface area contributed by atoms with Crippen molar-refractivity contribution in [3.05, 3.63) is 54.1 Å². The molecule has 1 aromatic carbocycles. The smallest absolute Gasteiger partial charge is 0.191 e. The van der Waals surface area contributed by atoms with Crippen LogP contribution < -0.4 is 10.6 Å². The van der Waals surface area contributed by atoms with Gasteiger partial charge in [0.25, 0.3) is 0 Å². The number of hydrogen-bond donors (Lipinski definition) is 2. The molecule has 29 heavy (non-hydrogen) atoms. The van der Waals surface area contributed by atoms with Gasteiger partial charge in [-0.1, -0.05) is 58.0 Å². The van der Waals surface area contributed by atoms with Crippen molar-refractivity contribution in [1.29, 1.82) is 0 Å². The van der Waals surface area contributed by atoms with E-state index in [9.17, 15) is 0 Å². The molecule has 0 bridgehead atoms. The molecule has 1 unspecified atom stereocenters. The van der Waals surface area contributed by atoms with Gasteiger partial charge in [-0.3, -0.25) is 9.89 Å². The average Bonchev–Trinajstić information content (AvgIpc) is 3.14. The highest BCUT2D eigenvalue weighted by Gasteiger charge is 2.18. The number of benzene rings is 1. The number of aromatic nitrogens is 2. The lowest BCUT2D eigenvalue weighted by atomic mass is 10.1. The van der Waals surface area contributed by atoms with Crippen LogP contribution in [0.4, 0.5) is 0 Å². The molecule has 0 radical (unpaired) electrons. The second-order valence-electron chi connectivity index (χ2n) is 7.34. The monoisotopic (exact) mass is 512 g/mol. The highest BCUT2D eigenvalue weighted by molar-refractivity contribution is 14.0. The molecule has 6 nitrogen and oxygen atoms in total. The molecule has 2 N–H and O–H groups in total. The predicted octanol–water partition coefficient (Wildman–Crippen LogP) is 3.91. The zero-order valence-electron chi connectivity index (χ0n) is 18.4. The van der Waals surface area contributed by atoms with Gasteiger partial charge in [0.2, 0.25) is 0 Å². The van der Waals surface area contributed by atoms with E-state index in [0.717, 1.165) is 38.0 Å². The van der Waals surface area contributed by atoms with Crippen molar-refractivity contribution < 1.29 is 0 Å². The number of guanidine groups is 1. The van der Waals surface area contributed by atoms with E-state index in [-0.39, 0.29) is 24.0 Å². The zero-order chi connectivity index (χ0) is 20.4. The first-order chi connectivity index (χ1) is 13.6. The highest BCUT2D eigenvalue weighted by Crippen LogP contribution is 2.19. The molecule has 1 atom stereocenters. The summed E-state index contributed by atoms with van der Waals surface area (Å²) in [6, 6.07) is 11.0. The largest absolute Gasteiger partial charge is 0.354 e. The molecule has 0 aliphatic rings. The molecule has 7 heteroatoms. The number of imidazole rings is 1. The van der Waals surface area contributed by atoms with Crippen LogP contribution in [0.15, 0.2) is 47.7 Å². The normalized spacial score (nSPS) is 12.7. The van der Waals surface area contributed by atoms with Gasteiger partial charge < -0.3 is 15.2 Å². The molecule has 1 aromatic heterocycles. The maximum atomic E-state index is 4.48. The van der Waals surface area contributed by atoms with Gasteiger partial charge in [0.1, 0.15) is 5.82 Å². The number of nitrogens with zero attached hydrogens (tertiary/aromatic N) is 4. The third-order valence-electron chi connectivity index (χ3n) is 4.90. The molecule has 0 spiro atoms. The topological polar surface area (TPSA) is 57.5 Å². The van der Waals surface area contributed by atoms with Crippen LogP contribution in [0.3, 0.4) is 0 Å². The predicted molar refractivity (Wildman–Crippen MR) is 133 cm³/mol. The average molecular weight is 512 g/mol. The number of likely N-dealkylation sites (N-methyl/N-ethyl adjacent to an activating group) is 1. The molecule has 0 amide bonds. The number of rotatable bonds is 10. The summed E-state index contributed by atoms with van der Waals surface area (Å²) >= 11 is 0. The zero-order valence-corrected chi connectivity index (χ0v) is 20.8. The summed E-state index contributed by atoms with van der Waals surface area (Å²) < 4.78 is 2.20. The van der Waals surface area contributed by atoms with Crippen LogP contribution in [0.2, 0.25) is 0 Å². The van der Waals surface area contributed by atoms with E-state index >= 15 is 0 Å². The first kappa shape index (κ1) is 25.4. The Hall–Kier alpha value is -1.61. The van der Waals surface area contributed by atoms with Crippen LogP contribution in [0.5, 0.6) is 0 Å². The van der Waals surface area contributed by atoms with E-state index in [1.807, 2.05) is 19.4 Å². The van der Waals surface area contributed by atoms with Gasteiger partial charge >= 0.3 is 0 Å². The minimum atomic E-state index is 0. The Bertz CT molecular complexity index is 709. The molecule has 0 fully saturated rings. The van der Waals surface area contributed by atoms with Crippen LogP contribution in [0.1, 0.15) is 45.1 Å². The second-order valence-corrected chi connectivity index (χ2v) is 7.34. The molecule has 0 saturated heterocycles. The molecular weight excluding hydrogens is 475 g/mol. The first-order valence-corrected chi connectivity index (χ1v) is 10.3. The molecule has 162 valence electrons. The minimum Gasteiger partial charge on any atom is -0.354 e. The quantitative estimate of drug-likeness (QED) is 0.288. The van der Waals surface area contributed by atoms with Gasteiger partial charge in [-0.05, 0) is 24.6 Å². The SMILES string of the molecule is CCN(CC)C(CNC(=NC)NCc1nccn1CC(C)C)c1ccccc1.I.